The second kappa shape index (κ2) is 5.54. The zero-order chi connectivity index (χ0) is 14.0. The maximum atomic E-state index is 12.6. The predicted molar refractivity (Wildman–Crippen MR) is 85.0 cm³/mol. The van der Waals surface area contributed by atoms with Crippen molar-refractivity contribution in [3.05, 3.63) is 29.6 Å². The highest BCUT2D eigenvalue weighted by Gasteiger charge is 2.38. The SMILES string of the molecule is NCC1(C(=O)Nc2ccc3sccc3c2)CCCCC1. The second-order valence-corrected chi connectivity index (χ2v) is 6.62. The first-order valence-electron chi connectivity index (χ1n) is 7.22. The van der Waals surface area contributed by atoms with Crippen LogP contribution in [0.1, 0.15) is 32.1 Å². The molecule has 0 radical (unpaired) electrons. The van der Waals surface area contributed by atoms with Crippen molar-refractivity contribution in [1.29, 1.82) is 0 Å². The van der Waals surface area contributed by atoms with Gasteiger partial charge in [-0.2, -0.15) is 0 Å². The number of nitrogens with two attached hydrogens (primary N) is 1. The van der Waals surface area contributed by atoms with Gasteiger partial charge in [-0.15, -0.1) is 11.3 Å². The van der Waals surface area contributed by atoms with Gasteiger partial charge in [0.05, 0.1) is 5.41 Å². The number of hydrogen-bond acceptors (Lipinski definition) is 3. The molecule has 0 atom stereocenters. The number of amides is 1. The molecule has 0 unspecified atom stereocenters. The van der Waals surface area contributed by atoms with Crippen LogP contribution in [0.2, 0.25) is 0 Å². The standard InChI is InChI=1S/C16H20N2OS/c17-11-16(7-2-1-3-8-16)15(19)18-13-4-5-14-12(10-13)6-9-20-14/h4-6,9-10H,1-3,7-8,11,17H2,(H,18,19). The van der Waals surface area contributed by atoms with Crippen molar-refractivity contribution < 1.29 is 4.79 Å². The summed E-state index contributed by atoms with van der Waals surface area (Å²) in [6, 6.07) is 8.15. The molecule has 0 aliphatic heterocycles. The maximum Gasteiger partial charge on any atom is 0.231 e. The minimum Gasteiger partial charge on any atom is -0.329 e. The van der Waals surface area contributed by atoms with Crippen LogP contribution in [-0.4, -0.2) is 12.5 Å². The quantitative estimate of drug-likeness (QED) is 0.903. The molecule has 4 heteroatoms. The maximum absolute atomic E-state index is 12.6. The summed E-state index contributed by atoms with van der Waals surface area (Å²) >= 11 is 1.71. The topological polar surface area (TPSA) is 55.1 Å². The van der Waals surface area contributed by atoms with Crippen LogP contribution >= 0.6 is 11.3 Å². The average molecular weight is 288 g/mol. The minimum atomic E-state index is -0.359. The van der Waals surface area contributed by atoms with Gasteiger partial charge in [-0.05, 0) is 47.9 Å². The molecule has 1 aliphatic carbocycles. The lowest BCUT2D eigenvalue weighted by atomic mass is 9.73. The fourth-order valence-electron chi connectivity index (χ4n) is 3.06. The van der Waals surface area contributed by atoms with Gasteiger partial charge in [0, 0.05) is 16.9 Å². The molecule has 1 aromatic heterocycles. The molecule has 1 saturated carbocycles. The monoisotopic (exact) mass is 288 g/mol. The fraction of sp³-hybridized carbons (Fsp3) is 0.438. The van der Waals surface area contributed by atoms with Crippen LogP contribution in [0.15, 0.2) is 29.6 Å². The van der Waals surface area contributed by atoms with E-state index in [0.717, 1.165) is 31.4 Å². The minimum absolute atomic E-state index is 0.0919. The Hall–Kier alpha value is -1.39. The molecule has 0 spiro atoms. The van der Waals surface area contributed by atoms with Crippen LogP contribution in [0.3, 0.4) is 0 Å². The Morgan fingerprint density at radius 1 is 1.25 bits per heavy atom. The molecular weight excluding hydrogens is 268 g/mol. The molecule has 1 aliphatic rings. The van der Waals surface area contributed by atoms with Gasteiger partial charge in [-0.3, -0.25) is 4.79 Å². The van der Waals surface area contributed by atoms with Crippen LogP contribution in [0.5, 0.6) is 0 Å². The third-order valence-electron chi connectivity index (χ3n) is 4.39. The first kappa shape index (κ1) is 13.6. The van der Waals surface area contributed by atoms with Crippen LogP contribution < -0.4 is 11.1 Å². The number of fused-ring (bicyclic) bond motifs is 1. The first-order chi connectivity index (χ1) is 9.73. The Morgan fingerprint density at radius 3 is 2.80 bits per heavy atom. The smallest absolute Gasteiger partial charge is 0.231 e. The summed E-state index contributed by atoms with van der Waals surface area (Å²) in [4.78, 5) is 12.6. The van der Waals surface area contributed by atoms with Gasteiger partial charge < -0.3 is 11.1 Å². The summed E-state index contributed by atoms with van der Waals surface area (Å²) in [6.07, 6.45) is 5.25. The van der Waals surface area contributed by atoms with Crippen molar-refractivity contribution in [2.75, 3.05) is 11.9 Å². The van der Waals surface area contributed by atoms with E-state index in [-0.39, 0.29) is 11.3 Å². The van der Waals surface area contributed by atoms with Gasteiger partial charge in [0.1, 0.15) is 0 Å². The molecule has 1 fully saturated rings. The number of anilines is 1. The van der Waals surface area contributed by atoms with Gasteiger partial charge >= 0.3 is 0 Å². The number of rotatable bonds is 3. The number of nitrogens with one attached hydrogen (secondary N) is 1. The Bertz CT molecular complexity index is 614. The largest absolute Gasteiger partial charge is 0.329 e. The van der Waals surface area contributed by atoms with Crippen LogP contribution in [-0.2, 0) is 4.79 Å². The molecular formula is C16H20N2OS. The summed E-state index contributed by atoms with van der Waals surface area (Å²) < 4.78 is 1.24. The second-order valence-electron chi connectivity index (χ2n) is 5.67. The third-order valence-corrected chi connectivity index (χ3v) is 5.29. The van der Waals surface area contributed by atoms with E-state index >= 15 is 0 Å². The van der Waals surface area contributed by atoms with E-state index in [2.05, 4.69) is 22.8 Å². The number of hydrogen-bond donors (Lipinski definition) is 2. The zero-order valence-corrected chi connectivity index (χ0v) is 12.3. The van der Waals surface area contributed by atoms with Gasteiger partial charge in [0.25, 0.3) is 0 Å². The van der Waals surface area contributed by atoms with Crippen molar-refractivity contribution in [3.8, 4) is 0 Å². The highest BCUT2D eigenvalue weighted by molar-refractivity contribution is 7.17. The van der Waals surface area contributed by atoms with E-state index in [0.29, 0.717) is 6.54 Å². The van der Waals surface area contributed by atoms with Crippen LogP contribution in [0.4, 0.5) is 5.69 Å². The Labute approximate surface area is 123 Å². The van der Waals surface area contributed by atoms with Crippen molar-refractivity contribution >= 4 is 33.0 Å². The number of thiophene rings is 1. The Morgan fingerprint density at radius 2 is 2.05 bits per heavy atom. The lowest BCUT2D eigenvalue weighted by molar-refractivity contribution is -0.126. The van der Waals surface area contributed by atoms with E-state index in [9.17, 15) is 4.79 Å². The molecule has 1 heterocycles. The normalized spacial score (nSPS) is 18.1. The lowest BCUT2D eigenvalue weighted by Crippen LogP contribution is -2.43. The molecule has 0 bridgehead atoms. The first-order valence-corrected chi connectivity index (χ1v) is 8.10. The van der Waals surface area contributed by atoms with Crippen LogP contribution in [0.25, 0.3) is 10.1 Å². The molecule has 1 amide bonds. The molecule has 3 nitrogen and oxygen atoms in total. The highest BCUT2D eigenvalue weighted by Crippen LogP contribution is 2.36. The van der Waals surface area contributed by atoms with Gasteiger partial charge in [-0.1, -0.05) is 19.3 Å². The predicted octanol–water partition coefficient (Wildman–Crippen LogP) is 3.75. The summed E-state index contributed by atoms with van der Waals surface area (Å²) in [5.74, 6) is 0.0919. The summed E-state index contributed by atoms with van der Waals surface area (Å²) in [5, 5.41) is 6.32. The van der Waals surface area contributed by atoms with Crippen molar-refractivity contribution in [2.45, 2.75) is 32.1 Å². The van der Waals surface area contributed by atoms with E-state index in [1.165, 1.54) is 16.5 Å². The van der Waals surface area contributed by atoms with E-state index in [1.807, 2.05) is 12.1 Å². The van der Waals surface area contributed by atoms with Gasteiger partial charge in [0.2, 0.25) is 5.91 Å². The molecule has 0 saturated heterocycles. The zero-order valence-electron chi connectivity index (χ0n) is 11.5. The van der Waals surface area contributed by atoms with Gasteiger partial charge in [0.15, 0.2) is 0 Å². The average Bonchev–Trinajstić information content (AvgIpc) is 2.95. The van der Waals surface area contributed by atoms with E-state index in [1.54, 1.807) is 11.3 Å². The lowest BCUT2D eigenvalue weighted by Gasteiger charge is -2.34. The van der Waals surface area contributed by atoms with Crippen molar-refractivity contribution in [3.63, 3.8) is 0 Å². The fourth-order valence-corrected chi connectivity index (χ4v) is 3.83. The molecule has 106 valence electrons. The van der Waals surface area contributed by atoms with Gasteiger partial charge in [-0.25, -0.2) is 0 Å². The van der Waals surface area contributed by atoms with E-state index in [4.69, 9.17) is 5.73 Å². The Kier molecular flexibility index (Phi) is 3.76. The molecule has 3 N–H and O–H groups in total. The van der Waals surface area contributed by atoms with E-state index < -0.39 is 0 Å². The molecule has 2 aromatic rings. The highest BCUT2D eigenvalue weighted by atomic mass is 32.1. The van der Waals surface area contributed by atoms with Crippen LogP contribution in [0, 0.1) is 5.41 Å². The molecule has 1 aromatic carbocycles. The summed E-state index contributed by atoms with van der Waals surface area (Å²) in [5.41, 5.74) is 6.42. The molecule has 3 rings (SSSR count). The number of carbonyl (C=O) groups excluding carboxylic acids is 1. The third kappa shape index (κ3) is 2.45. The van der Waals surface area contributed by atoms with Crippen molar-refractivity contribution in [2.24, 2.45) is 11.1 Å². The molecule has 20 heavy (non-hydrogen) atoms. The summed E-state index contributed by atoms with van der Waals surface area (Å²) in [6.45, 7) is 0.444. The number of benzene rings is 1. The summed E-state index contributed by atoms with van der Waals surface area (Å²) in [7, 11) is 0. The van der Waals surface area contributed by atoms with Crippen molar-refractivity contribution in [1.82, 2.24) is 0 Å². The number of carbonyl (C=O) groups is 1. The Balaban J connectivity index is 1.80.